The summed E-state index contributed by atoms with van der Waals surface area (Å²) in [7, 11) is 0. The molecule has 2 rings (SSSR count). The molecule has 0 spiro atoms. The normalized spacial score (nSPS) is 40.2. The molecule has 0 N–H and O–H groups in total. The fourth-order valence-electron chi connectivity index (χ4n) is 2.72. The quantitative estimate of drug-likeness (QED) is 0.484. The first kappa shape index (κ1) is 7.08. The zero-order chi connectivity index (χ0) is 8.22. The number of rotatable bonds is 0. The van der Waals surface area contributed by atoms with Crippen molar-refractivity contribution in [3.8, 4) is 0 Å². The van der Waals surface area contributed by atoms with Gasteiger partial charge in [-0.15, -0.1) is 0 Å². The van der Waals surface area contributed by atoms with E-state index >= 15 is 0 Å². The molecular weight excluding hydrogens is 136 g/mol. The minimum absolute atomic E-state index is 0.216. The smallest absolute Gasteiger partial charge is 0.137 e. The van der Waals surface area contributed by atoms with Crippen molar-refractivity contribution >= 4 is 5.78 Å². The van der Waals surface area contributed by atoms with E-state index in [1.807, 2.05) is 0 Å². The van der Waals surface area contributed by atoms with Crippen LogP contribution in [0, 0.1) is 17.3 Å². The highest BCUT2D eigenvalue weighted by molar-refractivity contribution is 5.87. The van der Waals surface area contributed by atoms with Crippen LogP contribution in [-0.4, -0.2) is 5.78 Å². The van der Waals surface area contributed by atoms with Crippen LogP contribution >= 0.6 is 0 Å². The van der Waals surface area contributed by atoms with E-state index in [1.165, 1.54) is 5.57 Å². The number of ketones is 1. The van der Waals surface area contributed by atoms with E-state index in [2.05, 4.69) is 20.4 Å². The number of hydrogen-bond donors (Lipinski definition) is 0. The summed E-state index contributed by atoms with van der Waals surface area (Å²) < 4.78 is 0. The van der Waals surface area contributed by atoms with Crippen LogP contribution < -0.4 is 0 Å². The van der Waals surface area contributed by atoms with E-state index in [0.717, 1.165) is 12.8 Å². The number of fused-ring (bicyclic) bond motifs is 2. The van der Waals surface area contributed by atoms with Crippen LogP contribution in [-0.2, 0) is 4.79 Å². The topological polar surface area (TPSA) is 17.1 Å². The Kier molecular flexibility index (Phi) is 1.14. The summed E-state index contributed by atoms with van der Waals surface area (Å²) in [6.07, 6.45) is 1.72. The lowest BCUT2D eigenvalue weighted by Gasteiger charge is -2.21. The molecule has 0 heterocycles. The average Bonchev–Trinajstić information content (AvgIpc) is 2.21. The molecule has 11 heavy (non-hydrogen) atoms. The Balaban J connectivity index is 2.42. The van der Waals surface area contributed by atoms with Crippen LogP contribution in [0.1, 0.15) is 26.7 Å². The third kappa shape index (κ3) is 0.688. The van der Waals surface area contributed by atoms with Crippen molar-refractivity contribution in [1.82, 2.24) is 0 Å². The maximum atomic E-state index is 11.4. The number of allylic oxidation sites excluding steroid dienone is 1. The molecule has 2 unspecified atom stereocenters. The van der Waals surface area contributed by atoms with Gasteiger partial charge in [0.05, 0.1) is 0 Å². The second-order valence-electron chi connectivity index (χ2n) is 4.46. The maximum absolute atomic E-state index is 11.4. The van der Waals surface area contributed by atoms with Crippen LogP contribution in [0.3, 0.4) is 0 Å². The van der Waals surface area contributed by atoms with E-state index in [0.29, 0.717) is 17.6 Å². The van der Waals surface area contributed by atoms with Gasteiger partial charge in [0.25, 0.3) is 0 Å². The molecule has 0 aliphatic heterocycles. The van der Waals surface area contributed by atoms with Crippen LogP contribution in [0.5, 0.6) is 0 Å². The van der Waals surface area contributed by atoms with Gasteiger partial charge in [-0.05, 0) is 17.8 Å². The third-order valence-electron chi connectivity index (χ3n) is 3.55. The fourth-order valence-corrected chi connectivity index (χ4v) is 2.72. The van der Waals surface area contributed by atoms with Gasteiger partial charge in [-0.1, -0.05) is 26.0 Å². The largest absolute Gasteiger partial charge is 0.299 e. The van der Waals surface area contributed by atoms with Gasteiger partial charge in [0.1, 0.15) is 5.78 Å². The molecule has 0 amide bonds. The highest BCUT2D eigenvalue weighted by Gasteiger charge is 2.54. The number of hydrogen-bond acceptors (Lipinski definition) is 1. The molecule has 0 aromatic rings. The Bertz CT molecular complexity index is 213. The molecule has 2 saturated carbocycles. The zero-order valence-electron chi connectivity index (χ0n) is 7.18. The van der Waals surface area contributed by atoms with Crippen molar-refractivity contribution in [2.75, 3.05) is 0 Å². The minimum atomic E-state index is 0.216. The van der Waals surface area contributed by atoms with Crippen molar-refractivity contribution in [2.45, 2.75) is 26.7 Å². The molecule has 2 bridgehead atoms. The summed E-state index contributed by atoms with van der Waals surface area (Å²) in [4.78, 5) is 11.4. The molecule has 2 aliphatic rings. The molecule has 0 aromatic heterocycles. The Morgan fingerprint density at radius 2 is 2.00 bits per heavy atom. The van der Waals surface area contributed by atoms with Gasteiger partial charge in [0.15, 0.2) is 0 Å². The van der Waals surface area contributed by atoms with Crippen LogP contribution in [0.4, 0.5) is 0 Å². The van der Waals surface area contributed by atoms with Crippen molar-refractivity contribution in [3.05, 3.63) is 12.2 Å². The van der Waals surface area contributed by atoms with E-state index in [4.69, 9.17) is 0 Å². The molecule has 60 valence electrons. The fraction of sp³-hybridized carbons (Fsp3) is 0.700. The number of Topliss-reactive ketones (excluding diaryl/α,β-unsaturated/α-hetero) is 1. The predicted octanol–water partition coefficient (Wildman–Crippen LogP) is 2.18. The molecule has 0 saturated heterocycles. The van der Waals surface area contributed by atoms with Gasteiger partial charge in [0.2, 0.25) is 0 Å². The van der Waals surface area contributed by atoms with Crippen molar-refractivity contribution in [3.63, 3.8) is 0 Å². The molecule has 2 atom stereocenters. The average molecular weight is 150 g/mol. The summed E-state index contributed by atoms with van der Waals surface area (Å²) in [6.45, 7) is 8.41. The standard InChI is InChI=1S/C10H14O/c1-6-4-8-9(11)5-7(6)10(8,2)3/h7-8H,1,4-5H2,2-3H3. The zero-order valence-corrected chi connectivity index (χ0v) is 7.18. The third-order valence-corrected chi connectivity index (χ3v) is 3.55. The molecule has 1 nitrogen and oxygen atoms in total. The van der Waals surface area contributed by atoms with Gasteiger partial charge < -0.3 is 0 Å². The summed E-state index contributed by atoms with van der Waals surface area (Å²) in [5.74, 6) is 1.24. The highest BCUT2D eigenvalue weighted by atomic mass is 16.1. The molecule has 0 radical (unpaired) electrons. The van der Waals surface area contributed by atoms with Crippen molar-refractivity contribution < 1.29 is 4.79 Å². The highest BCUT2D eigenvalue weighted by Crippen LogP contribution is 2.57. The monoisotopic (exact) mass is 150 g/mol. The van der Waals surface area contributed by atoms with Gasteiger partial charge in [-0.3, -0.25) is 4.79 Å². The number of carbonyl (C=O) groups is 1. The molecule has 1 heteroatoms. The summed E-state index contributed by atoms with van der Waals surface area (Å²) in [5.41, 5.74) is 1.52. The van der Waals surface area contributed by atoms with Crippen LogP contribution in [0.15, 0.2) is 12.2 Å². The first-order chi connectivity index (χ1) is 5.03. The Hall–Kier alpha value is -0.590. The van der Waals surface area contributed by atoms with E-state index in [-0.39, 0.29) is 5.41 Å². The summed E-state index contributed by atoms with van der Waals surface area (Å²) >= 11 is 0. The van der Waals surface area contributed by atoms with Crippen LogP contribution in [0.25, 0.3) is 0 Å². The van der Waals surface area contributed by atoms with Gasteiger partial charge in [-0.2, -0.15) is 0 Å². The second kappa shape index (κ2) is 1.77. The lowest BCUT2D eigenvalue weighted by Crippen LogP contribution is -2.19. The molecular formula is C10H14O. The first-order valence-electron chi connectivity index (χ1n) is 4.24. The summed E-state index contributed by atoms with van der Waals surface area (Å²) in [6, 6.07) is 0. The molecule has 2 fully saturated rings. The Morgan fingerprint density at radius 3 is 2.27 bits per heavy atom. The molecule has 0 aromatic carbocycles. The molecule has 2 aliphatic carbocycles. The Labute approximate surface area is 67.5 Å². The van der Waals surface area contributed by atoms with Crippen molar-refractivity contribution in [2.24, 2.45) is 17.3 Å². The van der Waals surface area contributed by atoms with Crippen LogP contribution in [0.2, 0.25) is 0 Å². The lowest BCUT2D eigenvalue weighted by atomic mass is 9.81. The van der Waals surface area contributed by atoms with Gasteiger partial charge in [0, 0.05) is 12.3 Å². The van der Waals surface area contributed by atoms with Crippen molar-refractivity contribution in [1.29, 1.82) is 0 Å². The predicted molar refractivity (Wildman–Crippen MR) is 44.1 cm³/mol. The van der Waals surface area contributed by atoms with E-state index < -0.39 is 0 Å². The summed E-state index contributed by atoms with van der Waals surface area (Å²) in [5, 5.41) is 0. The van der Waals surface area contributed by atoms with Gasteiger partial charge in [-0.25, -0.2) is 0 Å². The van der Waals surface area contributed by atoms with E-state index in [9.17, 15) is 4.79 Å². The van der Waals surface area contributed by atoms with E-state index in [1.54, 1.807) is 0 Å². The Morgan fingerprint density at radius 1 is 1.36 bits per heavy atom. The van der Waals surface area contributed by atoms with Gasteiger partial charge >= 0.3 is 0 Å². The first-order valence-corrected chi connectivity index (χ1v) is 4.24. The maximum Gasteiger partial charge on any atom is 0.137 e. The SMILES string of the molecule is C=C1CC2C(=O)CC1C2(C)C. The lowest BCUT2D eigenvalue weighted by molar-refractivity contribution is -0.122. The number of carbonyl (C=O) groups excluding carboxylic acids is 1. The second-order valence-corrected chi connectivity index (χ2v) is 4.46. The minimum Gasteiger partial charge on any atom is -0.299 e.